The summed E-state index contributed by atoms with van der Waals surface area (Å²) in [5.41, 5.74) is 0. The number of carboxylic acid groups (broad SMARTS) is 1. The lowest BCUT2D eigenvalue weighted by Gasteiger charge is -2.14. The number of thioether (sulfide) groups is 1. The smallest absolute Gasteiger partial charge is 0.358 e. The van der Waals surface area contributed by atoms with E-state index in [1.807, 2.05) is 0 Å². The van der Waals surface area contributed by atoms with Crippen LogP contribution in [0.2, 0.25) is 0 Å². The van der Waals surface area contributed by atoms with Gasteiger partial charge in [0.1, 0.15) is 0 Å². The van der Waals surface area contributed by atoms with Gasteiger partial charge in [0.15, 0.2) is 0 Å². The second-order valence-electron chi connectivity index (χ2n) is 2.01. The van der Waals surface area contributed by atoms with E-state index in [0.29, 0.717) is 0 Å². The number of esters is 1. The highest BCUT2D eigenvalue weighted by atomic mass is 32.2. The molecule has 1 fully saturated rings. The van der Waals surface area contributed by atoms with Gasteiger partial charge in [-0.15, -0.1) is 0 Å². The Balaban J connectivity index is 2.72. The van der Waals surface area contributed by atoms with Crippen molar-refractivity contribution >= 4 is 23.7 Å². The summed E-state index contributed by atoms with van der Waals surface area (Å²) in [4.78, 5) is 19.5. The Kier molecular flexibility index (Phi) is 1.60. The summed E-state index contributed by atoms with van der Waals surface area (Å²) < 4.78 is 4.53. The zero-order valence-corrected chi connectivity index (χ0v) is 6.10. The number of hydrogen-bond acceptors (Lipinski definition) is 4. The molecule has 1 aliphatic rings. The van der Waals surface area contributed by atoms with Crippen LogP contribution >= 0.6 is 11.8 Å². The quantitative estimate of drug-likeness (QED) is 0.553. The van der Waals surface area contributed by atoms with E-state index in [2.05, 4.69) is 4.74 Å². The Bertz CT molecular complexity index is 190. The van der Waals surface area contributed by atoms with E-state index in [9.17, 15) is 9.59 Å². The second kappa shape index (κ2) is 2.16. The molecule has 4 nitrogen and oxygen atoms in total. The maximum absolute atomic E-state index is 10.5. The van der Waals surface area contributed by atoms with Crippen LogP contribution in [0.25, 0.3) is 0 Å². The van der Waals surface area contributed by atoms with Gasteiger partial charge in [-0.1, -0.05) is 11.8 Å². The highest BCUT2D eigenvalue weighted by molar-refractivity contribution is 8.02. The third-order valence-electron chi connectivity index (χ3n) is 1.16. The first-order chi connectivity index (χ1) is 4.54. The van der Waals surface area contributed by atoms with Crippen LogP contribution in [0.3, 0.4) is 0 Å². The molecule has 0 saturated carbocycles. The van der Waals surface area contributed by atoms with Gasteiger partial charge in [0.2, 0.25) is 0 Å². The number of carboxylic acids is 1. The van der Waals surface area contributed by atoms with Gasteiger partial charge in [0, 0.05) is 0 Å². The van der Waals surface area contributed by atoms with Crippen LogP contribution in [0.1, 0.15) is 6.92 Å². The Labute approximate surface area is 61.5 Å². The van der Waals surface area contributed by atoms with Crippen molar-refractivity contribution < 1.29 is 19.4 Å². The Hall–Kier alpha value is -0.710. The number of rotatable bonds is 1. The minimum atomic E-state index is -1.35. The summed E-state index contributed by atoms with van der Waals surface area (Å²) in [6, 6.07) is 0. The molecular weight excluding hydrogens is 156 g/mol. The van der Waals surface area contributed by atoms with Crippen LogP contribution < -0.4 is 0 Å². The van der Waals surface area contributed by atoms with Gasteiger partial charge in [0.05, 0.1) is 5.75 Å². The third-order valence-corrected chi connectivity index (χ3v) is 2.35. The molecule has 1 rings (SSSR count). The molecule has 0 bridgehead atoms. The van der Waals surface area contributed by atoms with Crippen molar-refractivity contribution in [3.63, 3.8) is 0 Å². The monoisotopic (exact) mass is 162 g/mol. The molecule has 1 N–H and O–H groups in total. The first-order valence-corrected chi connectivity index (χ1v) is 3.62. The number of ether oxygens (including phenoxy) is 1. The van der Waals surface area contributed by atoms with E-state index in [-0.39, 0.29) is 5.75 Å². The SMILES string of the molecule is CC1(C(=O)O)OC(=O)CS1. The molecular formula is C5H6O4S. The molecule has 5 heteroatoms. The number of cyclic esters (lactones) is 1. The predicted molar refractivity (Wildman–Crippen MR) is 34.6 cm³/mol. The van der Waals surface area contributed by atoms with Crippen molar-refractivity contribution in [3.05, 3.63) is 0 Å². The van der Waals surface area contributed by atoms with E-state index in [0.717, 1.165) is 11.8 Å². The fourth-order valence-corrected chi connectivity index (χ4v) is 1.31. The van der Waals surface area contributed by atoms with Gasteiger partial charge in [0.25, 0.3) is 4.93 Å². The first kappa shape index (κ1) is 7.40. The predicted octanol–water partition coefficient (Wildman–Crippen LogP) is 0.0772. The Morgan fingerprint density at radius 1 is 1.90 bits per heavy atom. The van der Waals surface area contributed by atoms with Gasteiger partial charge >= 0.3 is 11.9 Å². The van der Waals surface area contributed by atoms with Crippen LogP contribution in [0.15, 0.2) is 0 Å². The molecule has 0 aliphatic carbocycles. The number of hydrogen-bond donors (Lipinski definition) is 1. The maximum atomic E-state index is 10.5. The van der Waals surface area contributed by atoms with Gasteiger partial charge in [-0.3, -0.25) is 4.79 Å². The van der Waals surface area contributed by atoms with Crippen LogP contribution in [0.4, 0.5) is 0 Å². The lowest BCUT2D eigenvalue weighted by molar-refractivity contribution is -0.162. The molecule has 1 aliphatic heterocycles. The summed E-state index contributed by atoms with van der Waals surface area (Å²) in [5.74, 6) is -1.44. The van der Waals surface area contributed by atoms with Crippen molar-refractivity contribution in [2.45, 2.75) is 11.9 Å². The van der Waals surface area contributed by atoms with Crippen LogP contribution in [-0.4, -0.2) is 27.7 Å². The summed E-state index contributed by atoms with van der Waals surface area (Å²) >= 11 is 0.990. The van der Waals surface area contributed by atoms with E-state index in [1.54, 1.807) is 0 Å². The van der Waals surface area contributed by atoms with Crippen molar-refractivity contribution in [3.8, 4) is 0 Å². The zero-order valence-electron chi connectivity index (χ0n) is 5.29. The molecule has 0 radical (unpaired) electrons. The Morgan fingerprint density at radius 2 is 2.50 bits per heavy atom. The highest BCUT2D eigenvalue weighted by Crippen LogP contribution is 2.32. The summed E-state index contributed by atoms with van der Waals surface area (Å²) in [6.07, 6.45) is 0. The maximum Gasteiger partial charge on any atom is 0.358 e. The number of carbonyl (C=O) groups excluding carboxylic acids is 1. The first-order valence-electron chi connectivity index (χ1n) is 2.64. The summed E-state index contributed by atoms with van der Waals surface area (Å²) in [6.45, 7) is 1.37. The van der Waals surface area contributed by atoms with Crippen molar-refractivity contribution in [2.24, 2.45) is 0 Å². The molecule has 10 heavy (non-hydrogen) atoms. The average Bonchev–Trinajstić information content (AvgIpc) is 2.13. The fraction of sp³-hybridized carbons (Fsp3) is 0.600. The van der Waals surface area contributed by atoms with Crippen molar-refractivity contribution in [2.75, 3.05) is 5.75 Å². The largest absolute Gasteiger partial charge is 0.478 e. The van der Waals surface area contributed by atoms with E-state index >= 15 is 0 Å². The molecule has 0 amide bonds. The molecule has 0 aromatic rings. The lowest BCUT2D eigenvalue weighted by atomic mass is 10.4. The normalized spacial score (nSPS) is 31.9. The standard InChI is InChI=1S/C5H6O4S/c1-5(4(7)8)9-3(6)2-10-5/h2H2,1H3,(H,7,8). The molecule has 1 heterocycles. The van der Waals surface area contributed by atoms with Crippen LogP contribution in [-0.2, 0) is 14.3 Å². The van der Waals surface area contributed by atoms with E-state index in [1.165, 1.54) is 6.92 Å². The van der Waals surface area contributed by atoms with Gasteiger partial charge in [-0.05, 0) is 6.92 Å². The van der Waals surface area contributed by atoms with Crippen molar-refractivity contribution in [1.29, 1.82) is 0 Å². The van der Waals surface area contributed by atoms with E-state index in [4.69, 9.17) is 5.11 Å². The van der Waals surface area contributed by atoms with Gasteiger partial charge in [-0.2, -0.15) is 0 Å². The molecule has 1 atom stereocenters. The molecule has 0 aromatic heterocycles. The molecule has 0 aromatic carbocycles. The summed E-state index contributed by atoms with van der Waals surface area (Å²) in [7, 11) is 0. The van der Waals surface area contributed by atoms with E-state index < -0.39 is 16.9 Å². The summed E-state index contributed by atoms with van der Waals surface area (Å²) in [5, 5.41) is 8.49. The molecule has 56 valence electrons. The minimum absolute atomic E-state index is 0.128. The number of aliphatic carboxylic acids is 1. The molecule has 1 saturated heterocycles. The van der Waals surface area contributed by atoms with Gasteiger partial charge < -0.3 is 9.84 Å². The topological polar surface area (TPSA) is 63.6 Å². The lowest BCUT2D eigenvalue weighted by Crippen LogP contribution is -2.31. The van der Waals surface area contributed by atoms with Crippen LogP contribution in [0, 0.1) is 0 Å². The minimum Gasteiger partial charge on any atom is -0.478 e. The van der Waals surface area contributed by atoms with Crippen molar-refractivity contribution in [1.82, 2.24) is 0 Å². The fourth-order valence-electron chi connectivity index (χ4n) is 0.578. The highest BCUT2D eigenvalue weighted by Gasteiger charge is 2.43. The third kappa shape index (κ3) is 1.09. The molecule has 0 spiro atoms. The van der Waals surface area contributed by atoms with Crippen LogP contribution in [0.5, 0.6) is 0 Å². The average molecular weight is 162 g/mol. The molecule has 1 unspecified atom stereocenters. The van der Waals surface area contributed by atoms with Gasteiger partial charge in [-0.25, -0.2) is 4.79 Å². The second-order valence-corrected chi connectivity index (χ2v) is 3.37. The number of carbonyl (C=O) groups is 2. The Morgan fingerprint density at radius 3 is 2.70 bits per heavy atom. The zero-order chi connectivity index (χ0) is 7.78.